The molecule has 162 valence electrons. The molecule has 0 bridgehead atoms. The second-order valence-corrected chi connectivity index (χ2v) is 9.29. The van der Waals surface area contributed by atoms with Gasteiger partial charge in [-0.25, -0.2) is 9.97 Å². The van der Waals surface area contributed by atoms with Crippen LogP contribution in [0.3, 0.4) is 0 Å². The Morgan fingerprint density at radius 3 is 2.59 bits per heavy atom. The standard InChI is InChI=1S/C21H34BrN5O2/c1-25(21-23-15-19(22)16-24-21)10-7-17-3-5-18(6-4-17)20(29)27-9-2-8-26(11-12-27)13-14-28/h15-18,28H,2-14H2,1H3. The lowest BCUT2D eigenvalue weighted by Gasteiger charge is -2.32. The Bertz CT molecular complexity index is 636. The Kier molecular flexibility index (Phi) is 8.68. The van der Waals surface area contributed by atoms with Crippen molar-refractivity contribution in [2.45, 2.75) is 38.5 Å². The number of amides is 1. The molecule has 0 spiro atoms. The van der Waals surface area contributed by atoms with E-state index in [9.17, 15) is 4.79 Å². The number of rotatable bonds is 7. The van der Waals surface area contributed by atoms with Gasteiger partial charge in [-0.3, -0.25) is 9.69 Å². The summed E-state index contributed by atoms with van der Waals surface area (Å²) < 4.78 is 0.892. The van der Waals surface area contributed by atoms with E-state index in [1.54, 1.807) is 12.4 Å². The highest BCUT2D eigenvalue weighted by molar-refractivity contribution is 9.10. The summed E-state index contributed by atoms with van der Waals surface area (Å²) in [7, 11) is 2.04. The fourth-order valence-electron chi connectivity index (χ4n) is 4.49. The molecule has 2 fully saturated rings. The van der Waals surface area contributed by atoms with E-state index in [4.69, 9.17) is 5.11 Å². The van der Waals surface area contributed by atoms with Crippen LogP contribution in [0.5, 0.6) is 0 Å². The van der Waals surface area contributed by atoms with Crippen LogP contribution >= 0.6 is 15.9 Å². The minimum atomic E-state index is 0.196. The lowest BCUT2D eigenvalue weighted by Crippen LogP contribution is -2.40. The zero-order chi connectivity index (χ0) is 20.6. The molecule has 8 heteroatoms. The zero-order valence-corrected chi connectivity index (χ0v) is 19.1. The van der Waals surface area contributed by atoms with Gasteiger partial charge in [0.05, 0.1) is 11.1 Å². The normalized spacial score (nSPS) is 23.6. The molecule has 0 unspecified atom stereocenters. The molecule has 0 radical (unpaired) electrons. The molecule has 1 saturated heterocycles. The Labute approximate surface area is 182 Å². The van der Waals surface area contributed by atoms with Gasteiger partial charge in [-0.05, 0) is 66.9 Å². The molecule has 2 heterocycles. The van der Waals surface area contributed by atoms with Gasteiger partial charge in [0.15, 0.2) is 0 Å². The summed E-state index contributed by atoms with van der Waals surface area (Å²) in [6.45, 7) is 5.37. The predicted octanol–water partition coefficient (Wildman–Crippen LogP) is 2.40. The summed E-state index contributed by atoms with van der Waals surface area (Å²) in [5.74, 6) is 1.99. The van der Waals surface area contributed by atoms with Crippen LogP contribution in [0.1, 0.15) is 38.5 Å². The first-order valence-corrected chi connectivity index (χ1v) is 11.7. The number of aromatic nitrogens is 2. The van der Waals surface area contributed by atoms with Crippen molar-refractivity contribution in [1.82, 2.24) is 19.8 Å². The van der Waals surface area contributed by atoms with Gasteiger partial charge in [0, 0.05) is 58.1 Å². The second-order valence-electron chi connectivity index (χ2n) is 8.37. The zero-order valence-electron chi connectivity index (χ0n) is 17.5. The van der Waals surface area contributed by atoms with Crippen molar-refractivity contribution < 1.29 is 9.90 Å². The molecule has 3 rings (SSSR count). The fourth-order valence-corrected chi connectivity index (χ4v) is 4.70. The van der Waals surface area contributed by atoms with Crippen molar-refractivity contribution in [3.63, 3.8) is 0 Å². The van der Waals surface area contributed by atoms with Crippen molar-refractivity contribution in [1.29, 1.82) is 0 Å². The Morgan fingerprint density at radius 2 is 1.90 bits per heavy atom. The first kappa shape index (κ1) is 22.4. The van der Waals surface area contributed by atoms with Crippen molar-refractivity contribution in [2.75, 3.05) is 57.8 Å². The van der Waals surface area contributed by atoms with Gasteiger partial charge in [0.25, 0.3) is 0 Å². The maximum atomic E-state index is 13.0. The third kappa shape index (κ3) is 6.62. The number of carbonyl (C=O) groups excluding carboxylic acids is 1. The Hall–Kier alpha value is -1.25. The summed E-state index contributed by atoms with van der Waals surface area (Å²) in [5, 5.41) is 9.13. The highest BCUT2D eigenvalue weighted by Gasteiger charge is 2.30. The van der Waals surface area contributed by atoms with E-state index in [0.29, 0.717) is 18.4 Å². The molecule has 1 N–H and O–H groups in total. The van der Waals surface area contributed by atoms with Crippen LogP contribution in [0, 0.1) is 11.8 Å². The van der Waals surface area contributed by atoms with Crippen LogP contribution in [0.2, 0.25) is 0 Å². The SMILES string of the molecule is CN(CCC1CCC(C(=O)N2CCCN(CCO)CC2)CC1)c1ncc(Br)cn1. The molecule has 7 nitrogen and oxygen atoms in total. The largest absolute Gasteiger partial charge is 0.395 e. The highest BCUT2D eigenvalue weighted by atomic mass is 79.9. The molecule has 1 aromatic heterocycles. The van der Waals surface area contributed by atoms with Gasteiger partial charge in [-0.2, -0.15) is 0 Å². The smallest absolute Gasteiger partial charge is 0.225 e. The van der Waals surface area contributed by atoms with Crippen molar-refractivity contribution in [3.8, 4) is 0 Å². The van der Waals surface area contributed by atoms with Crippen LogP contribution in [0.15, 0.2) is 16.9 Å². The molecule has 0 atom stereocenters. The van der Waals surface area contributed by atoms with Gasteiger partial charge in [0.2, 0.25) is 11.9 Å². The molecule has 1 aliphatic heterocycles. The monoisotopic (exact) mass is 467 g/mol. The van der Waals surface area contributed by atoms with E-state index in [0.717, 1.165) is 81.7 Å². The molecule has 1 amide bonds. The molecule has 29 heavy (non-hydrogen) atoms. The van der Waals surface area contributed by atoms with Crippen LogP contribution in [-0.4, -0.2) is 83.7 Å². The van der Waals surface area contributed by atoms with Crippen molar-refractivity contribution >= 4 is 27.8 Å². The topological polar surface area (TPSA) is 72.8 Å². The van der Waals surface area contributed by atoms with Crippen LogP contribution in [0.4, 0.5) is 5.95 Å². The average molecular weight is 468 g/mol. The van der Waals surface area contributed by atoms with Crippen LogP contribution < -0.4 is 4.90 Å². The lowest BCUT2D eigenvalue weighted by atomic mass is 9.80. The first-order chi connectivity index (χ1) is 14.1. The summed E-state index contributed by atoms with van der Waals surface area (Å²) in [6.07, 6.45) is 9.98. The Morgan fingerprint density at radius 1 is 1.17 bits per heavy atom. The number of nitrogens with zero attached hydrogens (tertiary/aromatic N) is 5. The van der Waals surface area contributed by atoms with Crippen LogP contribution in [0.25, 0.3) is 0 Å². The number of carbonyl (C=O) groups is 1. The Balaban J connectivity index is 1.39. The van der Waals surface area contributed by atoms with E-state index in [1.807, 2.05) is 7.05 Å². The maximum absolute atomic E-state index is 13.0. The second kappa shape index (κ2) is 11.2. The average Bonchev–Trinajstić information content (AvgIpc) is 2.98. The number of β-amino-alcohol motifs (C(OH)–C–C–N with tert-alkyl or cyclic N) is 1. The molecular formula is C21H34BrN5O2. The summed E-state index contributed by atoms with van der Waals surface area (Å²) >= 11 is 3.37. The van der Waals surface area contributed by atoms with E-state index >= 15 is 0 Å². The van der Waals surface area contributed by atoms with Gasteiger partial charge in [0.1, 0.15) is 0 Å². The molecule has 2 aliphatic rings. The lowest BCUT2D eigenvalue weighted by molar-refractivity contribution is -0.136. The molecule has 0 aromatic carbocycles. The van der Waals surface area contributed by atoms with E-state index in [1.165, 1.54) is 0 Å². The van der Waals surface area contributed by atoms with Crippen molar-refractivity contribution in [3.05, 3.63) is 16.9 Å². The summed E-state index contributed by atoms with van der Waals surface area (Å²) in [4.78, 5) is 28.1. The molecule has 1 aromatic rings. The number of hydrogen-bond acceptors (Lipinski definition) is 6. The first-order valence-electron chi connectivity index (χ1n) is 10.9. The number of anilines is 1. The molecule has 1 aliphatic carbocycles. The predicted molar refractivity (Wildman–Crippen MR) is 118 cm³/mol. The van der Waals surface area contributed by atoms with Gasteiger partial charge >= 0.3 is 0 Å². The number of halogens is 1. The molecule has 1 saturated carbocycles. The molecular weight excluding hydrogens is 434 g/mol. The fraction of sp³-hybridized carbons (Fsp3) is 0.762. The number of aliphatic hydroxyl groups is 1. The van der Waals surface area contributed by atoms with Gasteiger partial charge in [-0.15, -0.1) is 0 Å². The maximum Gasteiger partial charge on any atom is 0.225 e. The third-order valence-electron chi connectivity index (χ3n) is 6.33. The minimum absolute atomic E-state index is 0.196. The quantitative estimate of drug-likeness (QED) is 0.663. The van der Waals surface area contributed by atoms with E-state index < -0.39 is 0 Å². The minimum Gasteiger partial charge on any atom is -0.395 e. The van der Waals surface area contributed by atoms with E-state index in [2.05, 4.69) is 40.6 Å². The van der Waals surface area contributed by atoms with Crippen molar-refractivity contribution in [2.24, 2.45) is 11.8 Å². The third-order valence-corrected chi connectivity index (χ3v) is 6.74. The van der Waals surface area contributed by atoms with Crippen LogP contribution in [-0.2, 0) is 4.79 Å². The number of aliphatic hydroxyl groups excluding tert-OH is 1. The number of hydrogen-bond donors (Lipinski definition) is 1. The van der Waals surface area contributed by atoms with Gasteiger partial charge < -0.3 is 14.9 Å². The summed E-state index contributed by atoms with van der Waals surface area (Å²) in [5.41, 5.74) is 0. The van der Waals surface area contributed by atoms with E-state index in [-0.39, 0.29) is 12.5 Å². The highest BCUT2D eigenvalue weighted by Crippen LogP contribution is 2.32. The van der Waals surface area contributed by atoms with Gasteiger partial charge in [-0.1, -0.05) is 0 Å². The summed E-state index contributed by atoms with van der Waals surface area (Å²) in [6, 6.07) is 0.